The fourth-order valence-corrected chi connectivity index (χ4v) is 3.40. The topological polar surface area (TPSA) is 96.9 Å². The van der Waals surface area contributed by atoms with Gasteiger partial charge in [-0.1, -0.05) is 12.1 Å². The minimum absolute atomic E-state index is 0.196. The van der Waals surface area contributed by atoms with Crippen LogP contribution < -0.4 is 10.6 Å². The molecule has 0 aliphatic heterocycles. The molecule has 8 heteroatoms. The van der Waals surface area contributed by atoms with E-state index in [1.807, 2.05) is 13.0 Å². The molecule has 0 aliphatic rings. The number of carbonyl (C=O) groups excluding carboxylic acids is 1. The molecular formula is C18H29N3O4S. The quantitative estimate of drug-likeness (QED) is 0.292. The molecule has 0 saturated heterocycles. The second-order valence-corrected chi connectivity index (χ2v) is 8.01. The van der Waals surface area contributed by atoms with Gasteiger partial charge in [0.2, 0.25) is 0 Å². The van der Waals surface area contributed by atoms with Crippen LogP contribution in [0.5, 0.6) is 0 Å². The lowest BCUT2D eigenvalue weighted by Crippen LogP contribution is -2.37. The van der Waals surface area contributed by atoms with Crippen LogP contribution in [0.25, 0.3) is 0 Å². The SMILES string of the molecule is CCNC(=NCc1ccc(S(C)(=O)=O)c(C)c1)NCCCCC(=O)OC. The Hall–Kier alpha value is -2.09. The number of unbranched alkanes of at least 4 members (excludes halogenated alkanes) is 1. The van der Waals surface area contributed by atoms with Crippen molar-refractivity contribution in [2.45, 2.75) is 44.6 Å². The number of nitrogens with one attached hydrogen (secondary N) is 2. The molecule has 0 amide bonds. The molecule has 1 rings (SSSR count). The van der Waals surface area contributed by atoms with E-state index in [0.717, 1.165) is 30.5 Å². The average Bonchev–Trinajstić information content (AvgIpc) is 2.57. The maximum atomic E-state index is 11.7. The summed E-state index contributed by atoms with van der Waals surface area (Å²) in [6, 6.07) is 5.26. The Kier molecular flexibility index (Phi) is 9.12. The number of hydrogen-bond donors (Lipinski definition) is 2. The van der Waals surface area contributed by atoms with Gasteiger partial charge in [-0.3, -0.25) is 4.79 Å². The standard InChI is InChI=1S/C18H29N3O4S/c1-5-19-18(20-11-7-6-8-17(22)25-3)21-13-15-9-10-16(14(2)12-15)26(4,23)24/h9-10,12H,5-8,11,13H2,1-4H3,(H2,19,20,21). The van der Waals surface area contributed by atoms with Crippen LogP contribution in [0, 0.1) is 6.92 Å². The van der Waals surface area contributed by atoms with Gasteiger partial charge in [-0.15, -0.1) is 0 Å². The maximum Gasteiger partial charge on any atom is 0.305 e. The minimum atomic E-state index is -3.21. The predicted molar refractivity (Wildman–Crippen MR) is 103 cm³/mol. The van der Waals surface area contributed by atoms with Crippen molar-refractivity contribution in [1.82, 2.24) is 10.6 Å². The number of esters is 1. The number of methoxy groups -OCH3 is 1. The fraction of sp³-hybridized carbons (Fsp3) is 0.556. The molecular weight excluding hydrogens is 354 g/mol. The number of nitrogens with zero attached hydrogens (tertiary/aromatic N) is 1. The first-order valence-electron chi connectivity index (χ1n) is 8.66. The molecule has 0 saturated carbocycles. The van der Waals surface area contributed by atoms with Crippen molar-refractivity contribution in [3.05, 3.63) is 29.3 Å². The van der Waals surface area contributed by atoms with Gasteiger partial charge in [0.1, 0.15) is 0 Å². The molecule has 1 aromatic carbocycles. The summed E-state index contributed by atoms with van der Waals surface area (Å²) >= 11 is 0. The largest absolute Gasteiger partial charge is 0.469 e. The zero-order valence-electron chi connectivity index (χ0n) is 16.0. The lowest BCUT2D eigenvalue weighted by Gasteiger charge is -2.11. The molecule has 0 radical (unpaired) electrons. The molecule has 26 heavy (non-hydrogen) atoms. The number of aryl methyl sites for hydroxylation is 1. The van der Waals surface area contributed by atoms with Crippen LogP contribution in [-0.2, 0) is 25.9 Å². The van der Waals surface area contributed by atoms with Gasteiger partial charge in [-0.25, -0.2) is 13.4 Å². The molecule has 0 heterocycles. The second-order valence-electron chi connectivity index (χ2n) is 6.03. The van der Waals surface area contributed by atoms with E-state index in [-0.39, 0.29) is 5.97 Å². The van der Waals surface area contributed by atoms with E-state index in [4.69, 9.17) is 0 Å². The third-order valence-corrected chi connectivity index (χ3v) is 4.99. The Bertz CT molecular complexity index is 730. The van der Waals surface area contributed by atoms with Crippen molar-refractivity contribution in [3.8, 4) is 0 Å². The first kappa shape index (κ1) is 22.0. The summed E-state index contributed by atoms with van der Waals surface area (Å²) < 4.78 is 28.0. The molecule has 1 aromatic rings. The van der Waals surface area contributed by atoms with E-state index in [1.165, 1.54) is 13.4 Å². The summed E-state index contributed by atoms with van der Waals surface area (Å²) in [6.45, 7) is 5.66. The van der Waals surface area contributed by atoms with Gasteiger partial charge in [0.05, 0.1) is 18.6 Å². The number of carbonyl (C=O) groups is 1. The van der Waals surface area contributed by atoms with Gasteiger partial charge in [0, 0.05) is 25.8 Å². The third-order valence-electron chi connectivity index (χ3n) is 3.73. The highest BCUT2D eigenvalue weighted by Crippen LogP contribution is 2.17. The molecule has 0 bridgehead atoms. The van der Waals surface area contributed by atoms with Crippen LogP contribution in [0.3, 0.4) is 0 Å². The van der Waals surface area contributed by atoms with Crippen LogP contribution in [-0.4, -0.2) is 46.8 Å². The summed E-state index contributed by atoms with van der Waals surface area (Å²) in [4.78, 5) is 15.9. The molecule has 0 aliphatic carbocycles. The van der Waals surface area contributed by atoms with E-state index in [0.29, 0.717) is 30.4 Å². The molecule has 0 aromatic heterocycles. The number of ether oxygens (including phenoxy) is 1. The minimum Gasteiger partial charge on any atom is -0.469 e. The highest BCUT2D eigenvalue weighted by molar-refractivity contribution is 7.90. The van der Waals surface area contributed by atoms with Gasteiger partial charge in [0.15, 0.2) is 15.8 Å². The van der Waals surface area contributed by atoms with Crippen molar-refractivity contribution in [1.29, 1.82) is 0 Å². The number of aliphatic imine (C=N–C) groups is 1. The van der Waals surface area contributed by atoms with Crippen LogP contribution in [0.4, 0.5) is 0 Å². The number of hydrogen-bond acceptors (Lipinski definition) is 5. The van der Waals surface area contributed by atoms with E-state index >= 15 is 0 Å². The summed E-state index contributed by atoms with van der Waals surface area (Å²) in [5, 5.41) is 6.39. The van der Waals surface area contributed by atoms with Gasteiger partial charge >= 0.3 is 5.97 Å². The Morgan fingerprint density at radius 3 is 2.54 bits per heavy atom. The highest BCUT2D eigenvalue weighted by atomic mass is 32.2. The van der Waals surface area contributed by atoms with E-state index in [1.54, 1.807) is 19.1 Å². The molecule has 0 fully saturated rings. The van der Waals surface area contributed by atoms with Crippen LogP contribution in [0.15, 0.2) is 28.1 Å². The lowest BCUT2D eigenvalue weighted by molar-refractivity contribution is -0.140. The third kappa shape index (κ3) is 7.86. The first-order chi connectivity index (χ1) is 12.3. The molecule has 0 spiro atoms. The number of guanidine groups is 1. The Labute approximate surface area is 156 Å². The molecule has 2 N–H and O–H groups in total. The monoisotopic (exact) mass is 383 g/mol. The number of benzene rings is 1. The Morgan fingerprint density at radius 2 is 1.96 bits per heavy atom. The van der Waals surface area contributed by atoms with Crippen LogP contribution in [0.2, 0.25) is 0 Å². The van der Waals surface area contributed by atoms with Crippen LogP contribution >= 0.6 is 0 Å². The lowest BCUT2D eigenvalue weighted by atomic mass is 10.1. The van der Waals surface area contributed by atoms with Crippen molar-refractivity contribution < 1.29 is 17.9 Å². The van der Waals surface area contributed by atoms with Crippen molar-refractivity contribution in [3.63, 3.8) is 0 Å². The summed E-state index contributed by atoms with van der Waals surface area (Å²) in [6.07, 6.45) is 3.21. The van der Waals surface area contributed by atoms with Crippen molar-refractivity contribution in [2.24, 2.45) is 4.99 Å². The van der Waals surface area contributed by atoms with Gasteiger partial charge < -0.3 is 15.4 Å². The van der Waals surface area contributed by atoms with Crippen molar-refractivity contribution in [2.75, 3.05) is 26.5 Å². The number of rotatable bonds is 9. The zero-order valence-corrected chi connectivity index (χ0v) is 16.8. The highest BCUT2D eigenvalue weighted by Gasteiger charge is 2.10. The van der Waals surface area contributed by atoms with Crippen LogP contribution in [0.1, 0.15) is 37.3 Å². The smallest absolute Gasteiger partial charge is 0.305 e. The van der Waals surface area contributed by atoms with E-state index < -0.39 is 9.84 Å². The van der Waals surface area contributed by atoms with E-state index in [9.17, 15) is 13.2 Å². The van der Waals surface area contributed by atoms with E-state index in [2.05, 4.69) is 20.4 Å². The molecule has 146 valence electrons. The van der Waals surface area contributed by atoms with Gasteiger partial charge in [-0.05, 0) is 43.9 Å². The summed E-state index contributed by atoms with van der Waals surface area (Å²) in [7, 11) is -1.82. The van der Waals surface area contributed by atoms with Gasteiger partial charge in [0.25, 0.3) is 0 Å². The predicted octanol–water partition coefficient (Wildman–Crippen LogP) is 1.80. The number of sulfone groups is 1. The average molecular weight is 384 g/mol. The molecule has 0 atom stereocenters. The normalized spacial score (nSPS) is 11.9. The Morgan fingerprint density at radius 1 is 1.23 bits per heavy atom. The van der Waals surface area contributed by atoms with Gasteiger partial charge in [-0.2, -0.15) is 0 Å². The maximum absolute atomic E-state index is 11.7. The summed E-state index contributed by atoms with van der Waals surface area (Å²) in [5.41, 5.74) is 1.67. The molecule has 7 nitrogen and oxygen atoms in total. The molecule has 0 unspecified atom stereocenters. The fourth-order valence-electron chi connectivity index (χ4n) is 2.44. The Balaban J connectivity index is 2.60. The summed E-state index contributed by atoms with van der Waals surface area (Å²) in [5.74, 6) is 0.494. The first-order valence-corrected chi connectivity index (χ1v) is 10.6. The second kappa shape index (κ2) is 10.8. The zero-order chi connectivity index (χ0) is 19.6. The van der Waals surface area contributed by atoms with Crippen molar-refractivity contribution >= 4 is 21.8 Å².